The molecule has 1 heterocycles. The van der Waals surface area contributed by atoms with E-state index in [-0.39, 0.29) is 0 Å². The van der Waals surface area contributed by atoms with E-state index < -0.39 is 0 Å². The predicted octanol–water partition coefficient (Wildman–Crippen LogP) is 2.40. The average Bonchev–Trinajstić information content (AvgIpc) is 2.89. The highest BCUT2D eigenvalue weighted by Crippen LogP contribution is 2.33. The number of rotatable bonds is 8. The number of fused-ring (bicyclic) bond motifs is 1. The zero-order chi connectivity index (χ0) is 15.2. The van der Waals surface area contributed by atoms with Crippen LogP contribution in [-0.2, 0) is 17.7 Å². The van der Waals surface area contributed by atoms with Gasteiger partial charge in [-0.1, -0.05) is 23.8 Å². The highest BCUT2D eigenvalue weighted by Gasteiger charge is 2.19. The Bertz CT molecular complexity index is 511. The van der Waals surface area contributed by atoms with Crippen molar-refractivity contribution in [2.45, 2.75) is 19.4 Å². The molecule has 116 valence electrons. The minimum Gasteiger partial charge on any atom is -0.493 e. The van der Waals surface area contributed by atoms with Crippen LogP contribution in [0.2, 0.25) is 5.02 Å². The number of hydrogen-bond acceptors (Lipinski definition) is 4. The fraction of sp³-hybridized carbons (Fsp3) is 0.533. The van der Waals surface area contributed by atoms with Crippen molar-refractivity contribution < 1.29 is 9.47 Å². The minimum atomic E-state index is 0.532. The van der Waals surface area contributed by atoms with Gasteiger partial charge in [-0.25, -0.2) is 0 Å². The number of halogens is 1. The lowest BCUT2D eigenvalue weighted by Gasteiger charge is -2.23. The predicted molar refractivity (Wildman–Crippen MR) is 89.2 cm³/mol. The van der Waals surface area contributed by atoms with Gasteiger partial charge in [-0.15, -0.1) is 0 Å². The fourth-order valence-electron chi connectivity index (χ4n) is 2.46. The third kappa shape index (κ3) is 4.81. The summed E-state index contributed by atoms with van der Waals surface area (Å²) in [7, 11) is 1.70. The molecule has 0 unspecified atom stereocenters. The number of hydrogen-bond donors (Lipinski definition) is 1. The summed E-state index contributed by atoms with van der Waals surface area (Å²) in [6.07, 6.45) is 1.62. The summed E-state index contributed by atoms with van der Waals surface area (Å²) in [6.45, 7) is 3.78. The lowest BCUT2D eigenvalue weighted by Crippen LogP contribution is -2.30. The van der Waals surface area contributed by atoms with E-state index in [9.17, 15) is 0 Å². The van der Waals surface area contributed by atoms with Crippen LogP contribution in [-0.4, -0.2) is 43.3 Å². The molecule has 1 aliphatic heterocycles. The molecule has 0 aromatic heterocycles. The van der Waals surface area contributed by atoms with E-state index in [0.29, 0.717) is 18.0 Å². The number of ether oxygens (including phenoxy) is 2. The molecule has 0 saturated heterocycles. The molecule has 0 saturated carbocycles. The Hall–Kier alpha value is -0.880. The van der Waals surface area contributed by atoms with Crippen LogP contribution in [0.15, 0.2) is 12.1 Å². The summed E-state index contributed by atoms with van der Waals surface area (Å²) in [6, 6.07) is 3.97. The number of nitrogens with two attached hydrogens (primary N) is 1. The third-order valence-electron chi connectivity index (χ3n) is 3.51. The molecule has 0 bridgehead atoms. The van der Waals surface area contributed by atoms with Crippen LogP contribution in [0.3, 0.4) is 0 Å². The Morgan fingerprint density at radius 1 is 1.48 bits per heavy atom. The largest absolute Gasteiger partial charge is 0.493 e. The Morgan fingerprint density at radius 2 is 2.29 bits per heavy atom. The van der Waals surface area contributed by atoms with Crippen LogP contribution in [0.5, 0.6) is 5.75 Å². The van der Waals surface area contributed by atoms with Gasteiger partial charge in [-0.3, -0.25) is 4.90 Å². The van der Waals surface area contributed by atoms with Crippen LogP contribution in [0.25, 0.3) is 0 Å². The maximum absolute atomic E-state index is 6.20. The Kier molecular flexibility index (Phi) is 6.23. The molecule has 21 heavy (non-hydrogen) atoms. The average molecular weight is 329 g/mol. The molecule has 0 amide bonds. The third-order valence-corrected chi connectivity index (χ3v) is 3.93. The van der Waals surface area contributed by atoms with Gasteiger partial charge in [0.1, 0.15) is 5.75 Å². The molecule has 2 rings (SSSR count). The molecule has 0 fully saturated rings. The van der Waals surface area contributed by atoms with Crippen molar-refractivity contribution in [3.63, 3.8) is 0 Å². The summed E-state index contributed by atoms with van der Waals surface area (Å²) in [5.74, 6) is 0.983. The van der Waals surface area contributed by atoms with Gasteiger partial charge < -0.3 is 15.2 Å². The zero-order valence-corrected chi connectivity index (χ0v) is 13.8. The van der Waals surface area contributed by atoms with Crippen molar-refractivity contribution in [3.8, 4) is 5.75 Å². The van der Waals surface area contributed by atoms with Gasteiger partial charge in [0.05, 0.1) is 18.2 Å². The van der Waals surface area contributed by atoms with Gasteiger partial charge in [0, 0.05) is 50.2 Å². The molecule has 1 aliphatic rings. The first-order valence-corrected chi connectivity index (χ1v) is 7.82. The van der Waals surface area contributed by atoms with Gasteiger partial charge in [0.15, 0.2) is 0 Å². The van der Waals surface area contributed by atoms with E-state index in [4.69, 9.17) is 39.0 Å². The van der Waals surface area contributed by atoms with Crippen molar-refractivity contribution in [3.05, 3.63) is 28.3 Å². The fourth-order valence-corrected chi connectivity index (χ4v) is 2.82. The molecule has 1 aromatic rings. The number of thiocarbonyl (C=S) groups is 1. The van der Waals surface area contributed by atoms with Crippen LogP contribution in [0, 0.1) is 0 Å². The summed E-state index contributed by atoms with van der Waals surface area (Å²) < 4.78 is 10.9. The maximum Gasteiger partial charge on any atom is 0.127 e. The number of methoxy groups -OCH3 is 1. The minimum absolute atomic E-state index is 0.532. The molecule has 0 aliphatic carbocycles. The number of benzene rings is 1. The second-order valence-electron chi connectivity index (χ2n) is 5.14. The molecule has 6 heteroatoms. The normalized spacial score (nSPS) is 13.3. The van der Waals surface area contributed by atoms with E-state index in [0.717, 1.165) is 49.0 Å². The van der Waals surface area contributed by atoms with Crippen LogP contribution in [0.1, 0.15) is 17.5 Å². The molecular formula is C15H21ClN2O2S. The standard InChI is InChI=1S/C15H21ClN2O2S/c1-19-7-5-18(4-2-14(17)21)10-12-9-13(16)8-11-3-6-20-15(11)12/h8-9H,2-7,10H2,1H3,(H2,17,21). The van der Waals surface area contributed by atoms with Gasteiger partial charge in [-0.2, -0.15) is 0 Å². The molecule has 4 nitrogen and oxygen atoms in total. The van der Waals surface area contributed by atoms with Crippen molar-refractivity contribution in [1.82, 2.24) is 4.90 Å². The van der Waals surface area contributed by atoms with E-state index in [1.807, 2.05) is 12.1 Å². The number of nitrogens with zero attached hydrogens (tertiary/aromatic N) is 1. The SMILES string of the molecule is COCCN(CCC(N)=S)Cc1cc(Cl)cc2c1OCC2. The lowest BCUT2D eigenvalue weighted by molar-refractivity contribution is 0.145. The van der Waals surface area contributed by atoms with Gasteiger partial charge >= 0.3 is 0 Å². The maximum atomic E-state index is 6.20. The molecule has 2 N–H and O–H groups in total. The smallest absolute Gasteiger partial charge is 0.127 e. The summed E-state index contributed by atoms with van der Waals surface area (Å²) >= 11 is 11.2. The van der Waals surface area contributed by atoms with Crippen LogP contribution >= 0.6 is 23.8 Å². The Morgan fingerprint density at radius 3 is 3.00 bits per heavy atom. The van der Waals surface area contributed by atoms with Crippen molar-refractivity contribution in [2.24, 2.45) is 5.73 Å². The monoisotopic (exact) mass is 328 g/mol. The first kappa shape index (κ1) is 16.5. The molecular weight excluding hydrogens is 308 g/mol. The summed E-state index contributed by atoms with van der Waals surface area (Å²) in [5.41, 5.74) is 7.92. The van der Waals surface area contributed by atoms with Crippen molar-refractivity contribution in [1.29, 1.82) is 0 Å². The van der Waals surface area contributed by atoms with Crippen molar-refractivity contribution >= 4 is 28.8 Å². The lowest BCUT2D eigenvalue weighted by atomic mass is 10.1. The highest BCUT2D eigenvalue weighted by atomic mass is 35.5. The second kappa shape index (κ2) is 7.94. The van der Waals surface area contributed by atoms with E-state index in [1.165, 1.54) is 5.56 Å². The zero-order valence-electron chi connectivity index (χ0n) is 12.2. The molecule has 0 radical (unpaired) electrons. The summed E-state index contributed by atoms with van der Waals surface area (Å²) in [5, 5.41) is 0.760. The molecule has 1 aromatic carbocycles. The van der Waals surface area contributed by atoms with Gasteiger partial charge in [-0.05, 0) is 17.7 Å². The Labute approximate surface area is 136 Å². The second-order valence-corrected chi connectivity index (χ2v) is 6.10. The van der Waals surface area contributed by atoms with E-state index in [1.54, 1.807) is 7.11 Å². The van der Waals surface area contributed by atoms with Crippen LogP contribution in [0.4, 0.5) is 0 Å². The van der Waals surface area contributed by atoms with Crippen molar-refractivity contribution in [2.75, 3.05) is 33.4 Å². The van der Waals surface area contributed by atoms with Crippen LogP contribution < -0.4 is 10.5 Å². The molecule has 0 atom stereocenters. The highest BCUT2D eigenvalue weighted by molar-refractivity contribution is 7.80. The Balaban J connectivity index is 2.10. The van der Waals surface area contributed by atoms with Gasteiger partial charge in [0.25, 0.3) is 0 Å². The van der Waals surface area contributed by atoms with E-state index >= 15 is 0 Å². The van der Waals surface area contributed by atoms with E-state index in [2.05, 4.69) is 4.90 Å². The quantitative estimate of drug-likeness (QED) is 0.743. The topological polar surface area (TPSA) is 47.7 Å². The van der Waals surface area contributed by atoms with Gasteiger partial charge in [0.2, 0.25) is 0 Å². The first-order valence-electron chi connectivity index (χ1n) is 7.04. The molecule has 0 spiro atoms. The first-order chi connectivity index (χ1) is 10.1. The summed E-state index contributed by atoms with van der Waals surface area (Å²) in [4.78, 5) is 2.79.